The Bertz CT molecular complexity index is 1420. The molecule has 2 atom stereocenters. The van der Waals surface area contributed by atoms with Gasteiger partial charge in [0, 0.05) is 24.4 Å². The predicted octanol–water partition coefficient (Wildman–Crippen LogP) is 4.78. The third-order valence-electron chi connectivity index (χ3n) is 6.06. The molecule has 35 heavy (non-hydrogen) atoms. The highest BCUT2D eigenvalue weighted by Gasteiger charge is 2.45. The molecule has 6 nitrogen and oxygen atoms in total. The van der Waals surface area contributed by atoms with Crippen molar-refractivity contribution in [3.63, 3.8) is 0 Å². The number of hydrogen-bond acceptors (Lipinski definition) is 3. The molecule has 2 amide bonds. The number of nitrogens with zero attached hydrogens (tertiary/aromatic N) is 3. The molecule has 0 bridgehead atoms. The number of carbonyl (C=O) groups excluding carboxylic acids is 2. The second-order valence-corrected chi connectivity index (χ2v) is 8.57. The Morgan fingerprint density at radius 3 is 2.51 bits per heavy atom. The number of nitrogens with one attached hydrogen (secondary N) is 1. The van der Waals surface area contributed by atoms with Crippen LogP contribution in [0.1, 0.15) is 24.9 Å². The summed E-state index contributed by atoms with van der Waals surface area (Å²) in [4.78, 5) is 26.7. The number of alkyl halides is 2. The highest BCUT2D eigenvalue weighted by atomic mass is 19.3. The van der Waals surface area contributed by atoms with Gasteiger partial charge in [0.1, 0.15) is 5.82 Å². The van der Waals surface area contributed by atoms with Crippen LogP contribution in [0.5, 0.6) is 0 Å². The summed E-state index contributed by atoms with van der Waals surface area (Å²) in [7, 11) is 0. The van der Waals surface area contributed by atoms with Crippen LogP contribution in [0, 0.1) is 5.82 Å². The fraction of sp³-hybridized carbons (Fsp3) is 0.192. The molecule has 178 valence electrons. The Labute approximate surface area is 199 Å². The topological polar surface area (TPSA) is 67.2 Å². The lowest BCUT2D eigenvalue weighted by Gasteiger charge is -2.29. The zero-order chi connectivity index (χ0) is 24.7. The van der Waals surface area contributed by atoms with Gasteiger partial charge in [-0.3, -0.25) is 9.59 Å². The molecule has 9 heteroatoms. The van der Waals surface area contributed by atoms with E-state index < -0.39 is 23.9 Å². The van der Waals surface area contributed by atoms with E-state index in [1.807, 2.05) is 6.07 Å². The van der Waals surface area contributed by atoms with E-state index in [9.17, 15) is 22.8 Å². The molecule has 1 aliphatic rings. The number of carbonyl (C=O) groups is 2. The van der Waals surface area contributed by atoms with Crippen molar-refractivity contribution in [3.05, 3.63) is 90.4 Å². The molecule has 0 radical (unpaired) electrons. The van der Waals surface area contributed by atoms with Crippen LogP contribution in [0.2, 0.25) is 0 Å². The van der Waals surface area contributed by atoms with Crippen molar-refractivity contribution in [3.8, 4) is 5.69 Å². The minimum atomic E-state index is -3.57. The van der Waals surface area contributed by atoms with E-state index in [-0.39, 0.29) is 18.1 Å². The molecule has 1 aromatic heterocycles. The molecule has 4 aromatic rings. The Hall–Kier alpha value is -4.14. The summed E-state index contributed by atoms with van der Waals surface area (Å²) in [6.45, 7) is 0.526. The van der Waals surface area contributed by atoms with Crippen LogP contribution in [0.3, 0.4) is 0 Å². The molecule has 3 aromatic carbocycles. The molecule has 1 N–H and O–H groups in total. The molecule has 1 saturated heterocycles. The average Bonchev–Trinajstić information content (AvgIpc) is 3.39. The van der Waals surface area contributed by atoms with E-state index in [1.54, 1.807) is 65.5 Å². The minimum absolute atomic E-state index is 0.123. The van der Waals surface area contributed by atoms with Crippen LogP contribution in [0.4, 0.5) is 18.9 Å². The number of halogens is 3. The lowest BCUT2D eigenvalue weighted by molar-refractivity contribution is -0.143. The van der Waals surface area contributed by atoms with Gasteiger partial charge in [0.2, 0.25) is 5.91 Å². The van der Waals surface area contributed by atoms with Crippen LogP contribution in [-0.2, 0) is 9.59 Å². The number of amides is 2. The molecular formula is C26H21F3N4O2. The van der Waals surface area contributed by atoms with E-state index in [1.165, 1.54) is 17.0 Å². The monoisotopic (exact) mass is 478 g/mol. The average molecular weight is 478 g/mol. The first-order chi connectivity index (χ1) is 16.7. The smallest absolute Gasteiger partial charge is 0.321 e. The lowest BCUT2D eigenvalue weighted by Crippen LogP contribution is -2.46. The van der Waals surface area contributed by atoms with Gasteiger partial charge in [-0.2, -0.15) is 13.9 Å². The molecule has 2 heterocycles. The van der Waals surface area contributed by atoms with E-state index in [0.29, 0.717) is 34.8 Å². The van der Waals surface area contributed by atoms with Gasteiger partial charge >= 0.3 is 5.92 Å². The summed E-state index contributed by atoms with van der Waals surface area (Å²) < 4.78 is 42.5. The van der Waals surface area contributed by atoms with Crippen LogP contribution < -0.4 is 10.2 Å². The molecule has 1 aliphatic heterocycles. The lowest BCUT2D eigenvalue weighted by atomic mass is 9.99. The second-order valence-electron chi connectivity index (χ2n) is 8.57. The predicted molar refractivity (Wildman–Crippen MR) is 125 cm³/mol. The highest BCUT2D eigenvalue weighted by Crippen LogP contribution is 2.39. The summed E-state index contributed by atoms with van der Waals surface area (Å²) in [6, 6.07) is 18.8. The van der Waals surface area contributed by atoms with Gasteiger partial charge in [-0.15, -0.1) is 0 Å². The number of hydrogen-bond donors (Lipinski definition) is 1. The van der Waals surface area contributed by atoms with E-state index in [0.717, 1.165) is 0 Å². The molecular weight excluding hydrogens is 457 g/mol. The van der Waals surface area contributed by atoms with Gasteiger partial charge in [-0.05, 0) is 42.0 Å². The van der Waals surface area contributed by atoms with Gasteiger partial charge in [-0.1, -0.05) is 36.4 Å². The summed E-state index contributed by atoms with van der Waals surface area (Å²) in [5, 5.41) is 7.43. The van der Waals surface area contributed by atoms with Gasteiger partial charge in [0.05, 0.1) is 29.5 Å². The summed E-state index contributed by atoms with van der Waals surface area (Å²) in [5.41, 5.74) is 2.50. The molecule has 0 saturated carbocycles. The zero-order valence-electron chi connectivity index (χ0n) is 18.7. The number of anilines is 1. The van der Waals surface area contributed by atoms with Crippen molar-refractivity contribution in [1.82, 2.24) is 15.1 Å². The summed E-state index contributed by atoms with van der Waals surface area (Å²) in [6.07, 6.45) is 1.49. The van der Waals surface area contributed by atoms with Crippen LogP contribution in [-0.4, -0.2) is 33.6 Å². The van der Waals surface area contributed by atoms with Crippen molar-refractivity contribution < 1.29 is 22.8 Å². The van der Waals surface area contributed by atoms with Crippen LogP contribution >= 0.6 is 0 Å². The number of rotatable bonds is 5. The molecule has 0 aliphatic carbocycles. The van der Waals surface area contributed by atoms with Crippen molar-refractivity contribution >= 4 is 28.4 Å². The standard InChI is InChI=1S/C26H21F3N4O2/c1-26(28,29)25(35)31-21-14-23(34)32(24(21)16-6-3-2-4-7-16)19-10-11-22-17(12-19)15-30-33(22)20-9-5-8-18(27)13-20/h2-13,15,21,24H,14H2,1H3,(H,31,35)/t21-,24+/m1/s1. The zero-order valence-corrected chi connectivity index (χ0v) is 18.7. The maximum atomic E-state index is 13.7. The molecule has 5 rings (SSSR count). The first kappa shape index (κ1) is 22.6. The summed E-state index contributed by atoms with van der Waals surface area (Å²) in [5.74, 6) is -5.69. The largest absolute Gasteiger partial charge is 0.345 e. The number of benzene rings is 3. The quantitative estimate of drug-likeness (QED) is 0.449. The highest BCUT2D eigenvalue weighted by molar-refractivity contribution is 6.00. The van der Waals surface area contributed by atoms with Crippen molar-refractivity contribution in [1.29, 1.82) is 0 Å². The van der Waals surface area contributed by atoms with Crippen molar-refractivity contribution in [2.45, 2.75) is 31.4 Å². The maximum Gasteiger partial charge on any atom is 0.321 e. The normalized spacial score (nSPS) is 18.3. The van der Waals surface area contributed by atoms with Crippen LogP contribution in [0.15, 0.2) is 79.0 Å². The first-order valence-corrected chi connectivity index (χ1v) is 11.0. The van der Waals surface area contributed by atoms with Crippen molar-refractivity contribution in [2.75, 3.05) is 4.90 Å². The van der Waals surface area contributed by atoms with Gasteiger partial charge in [0.25, 0.3) is 5.91 Å². The fourth-order valence-electron chi connectivity index (χ4n) is 4.48. The van der Waals surface area contributed by atoms with Crippen molar-refractivity contribution in [2.24, 2.45) is 0 Å². The van der Waals surface area contributed by atoms with Gasteiger partial charge < -0.3 is 10.2 Å². The fourth-order valence-corrected chi connectivity index (χ4v) is 4.48. The molecule has 1 fully saturated rings. The Morgan fingerprint density at radius 1 is 1.03 bits per heavy atom. The number of aromatic nitrogens is 2. The Balaban J connectivity index is 1.54. The SMILES string of the molecule is CC(F)(F)C(=O)N[C@@H]1CC(=O)N(c2ccc3c(cnn3-c3cccc(F)c3)c2)[C@H]1c1ccccc1. The Morgan fingerprint density at radius 2 is 1.80 bits per heavy atom. The second kappa shape index (κ2) is 8.57. The minimum Gasteiger partial charge on any atom is -0.345 e. The maximum absolute atomic E-state index is 13.7. The van der Waals surface area contributed by atoms with E-state index >= 15 is 0 Å². The van der Waals surface area contributed by atoms with Gasteiger partial charge in [0.15, 0.2) is 0 Å². The third kappa shape index (κ3) is 4.25. The number of fused-ring (bicyclic) bond motifs is 1. The van der Waals surface area contributed by atoms with E-state index in [2.05, 4.69) is 10.4 Å². The third-order valence-corrected chi connectivity index (χ3v) is 6.06. The molecule has 0 spiro atoms. The molecule has 0 unspecified atom stereocenters. The van der Waals surface area contributed by atoms with E-state index in [4.69, 9.17) is 0 Å². The Kier molecular flexibility index (Phi) is 5.55. The van der Waals surface area contributed by atoms with Gasteiger partial charge in [-0.25, -0.2) is 9.07 Å². The van der Waals surface area contributed by atoms with Crippen LogP contribution in [0.25, 0.3) is 16.6 Å². The summed E-state index contributed by atoms with van der Waals surface area (Å²) >= 11 is 0. The first-order valence-electron chi connectivity index (χ1n) is 11.0.